The fourth-order valence-electron chi connectivity index (χ4n) is 1.45. The number of aromatic nitrogens is 1. The van der Waals surface area contributed by atoms with Gasteiger partial charge in [-0.15, -0.1) is 0 Å². The predicted molar refractivity (Wildman–Crippen MR) is 68.4 cm³/mol. The topological polar surface area (TPSA) is 42.0 Å². The Bertz CT molecular complexity index is 555. The van der Waals surface area contributed by atoms with Gasteiger partial charge in [-0.1, -0.05) is 29.8 Å². The largest absolute Gasteiger partial charge is 0.322 e. The summed E-state index contributed by atoms with van der Waals surface area (Å²) in [5.74, 6) is -0.252. The number of nitrogens with zero attached hydrogens (tertiary/aromatic N) is 1. The Morgan fingerprint density at radius 1 is 1.29 bits per heavy atom. The van der Waals surface area contributed by atoms with Gasteiger partial charge in [0.2, 0.25) is 0 Å². The van der Waals surface area contributed by atoms with Gasteiger partial charge in [-0.25, -0.2) is 0 Å². The molecule has 0 aliphatic rings. The van der Waals surface area contributed by atoms with Crippen LogP contribution in [0.2, 0.25) is 5.02 Å². The van der Waals surface area contributed by atoms with Crippen LogP contribution >= 0.6 is 11.6 Å². The van der Waals surface area contributed by atoms with Crippen molar-refractivity contribution in [2.45, 2.75) is 6.92 Å². The molecule has 0 aliphatic carbocycles. The lowest BCUT2D eigenvalue weighted by atomic mass is 10.2. The molecular weight excluding hydrogens is 236 g/mol. The van der Waals surface area contributed by atoms with Crippen LogP contribution < -0.4 is 5.32 Å². The van der Waals surface area contributed by atoms with Crippen LogP contribution in [0.15, 0.2) is 42.7 Å². The number of amides is 1. The Kier molecular flexibility index (Phi) is 3.40. The quantitative estimate of drug-likeness (QED) is 0.884. The first kappa shape index (κ1) is 11.6. The van der Waals surface area contributed by atoms with E-state index in [1.165, 1.54) is 6.20 Å². The molecule has 1 aromatic heterocycles. The second-order valence-corrected chi connectivity index (χ2v) is 4.03. The fraction of sp³-hybridized carbons (Fsp3) is 0.0769. The van der Waals surface area contributed by atoms with Crippen molar-refractivity contribution in [1.29, 1.82) is 0 Å². The second-order valence-electron chi connectivity index (χ2n) is 3.62. The summed E-state index contributed by atoms with van der Waals surface area (Å²) in [6.45, 7) is 1.93. The van der Waals surface area contributed by atoms with E-state index in [1.54, 1.807) is 12.3 Å². The molecule has 1 amide bonds. The Morgan fingerprint density at radius 3 is 2.76 bits per heavy atom. The van der Waals surface area contributed by atoms with E-state index in [9.17, 15) is 4.79 Å². The summed E-state index contributed by atoms with van der Waals surface area (Å²) >= 11 is 5.92. The molecule has 86 valence electrons. The minimum Gasteiger partial charge on any atom is -0.322 e. The first-order chi connectivity index (χ1) is 8.18. The average Bonchev–Trinajstić information content (AvgIpc) is 2.32. The number of rotatable bonds is 2. The molecule has 0 saturated heterocycles. The van der Waals surface area contributed by atoms with Crippen LogP contribution in [0.3, 0.4) is 0 Å². The normalized spacial score (nSPS) is 10.0. The highest BCUT2D eigenvalue weighted by Gasteiger charge is 2.10. The minimum absolute atomic E-state index is 0.252. The highest BCUT2D eigenvalue weighted by Crippen LogP contribution is 2.18. The molecule has 0 unspecified atom stereocenters. The molecule has 0 bridgehead atoms. The second kappa shape index (κ2) is 4.97. The molecule has 1 N–H and O–H groups in total. The molecule has 0 saturated carbocycles. The van der Waals surface area contributed by atoms with E-state index in [4.69, 9.17) is 11.6 Å². The third kappa shape index (κ3) is 2.63. The molecule has 17 heavy (non-hydrogen) atoms. The van der Waals surface area contributed by atoms with E-state index in [1.807, 2.05) is 31.2 Å². The summed E-state index contributed by atoms with van der Waals surface area (Å²) < 4.78 is 0. The van der Waals surface area contributed by atoms with Crippen molar-refractivity contribution in [3.63, 3.8) is 0 Å². The maximum atomic E-state index is 12.0. The number of benzene rings is 1. The predicted octanol–water partition coefficient (Wildman–Crippen LogP) is 3.30. The molecule has 3 nitrogen and oxygen atoms in total. The molecule has 0 aliphatic heterocycles. The van der Waals surface area contributed by atoms with E-state index >= 15 is 0 Å². The summed E-state index contributed by atoms with van der Waals surface area (Å²) in [4.78, 5) is 15.8. The number of anilines is 1. The lowest BCUT2D eigenvalue weighted by Crippen LogP contribution is -2.13. The average molecular weight is 247 g/mol. The number of carbonyl (C=O) groups excluding carboxylic acids is 1. The standard InChI is InChI=1S/C13H11ClN2O/c1-9-4-2-3-5-12(9)16-13(17)10-8-15-7-6-11(10)14/h2-8H,1H3,(H,16,17). The van der Waals surface area contributed by atoms with E-state index in [0.29, 0.717) is 10.6 Å². The van der Waals surface area contributed by atoms with E-state index < -0.39 is 0 Å². The number of halogens is 1. The van der Waals surface area contributed by atoms with Crippen LogP contribution in [0, 0.1) is 6.92 Å². The van der Waals surface area contributed by atoms with E-state index in [-0.39, 0.29) is 5.91 Å². The van der Waals surface area contributed by atoms with Gasteiger partial charge >= 0.3 is 0 Å². The SMILES string of the molecule is Cc1ccccc1NC(=O)c1cnccc1Cl. The van der Waals surface area contributed by atoms with Crippen LogP contribution in [-0.2, 0) is 0 Å². The number of carbonyl (C=O) groups is 1. The monoisotopic (exact) mass is 246 g/mol. The third-order valence-corrected chi connectivity index (χ3v) is 2.74. The summed E-state index contributed by atoms with van der Waals surface area (Å²) in [6.07, 6.45) is 3.00. The summed E-state index contributed by atoms with van der Waals surface area (Å²) in [6, 6.07) is 9.15. The van der Waals surface area contributed by atoms with Crippen LogP contribution in [0.5, 0.6) is 0 Å². The third-order valence-electron chi connectivity index (χ3n) is 2.41. The molecular formula is C13H11ClN2O. The maximum Gasteiger partial charge on any atom is 0.258 e. The summed E-state index contributed by atoms with van der Waals surface area (Å²) in [7, 11) is 0. The molecule has 4 heteroatoms. The highest BCUT2D eigenvalue weighted by molar-refractivity contribution is 6.34. The lowest BCUT2D eigenvalue weighted by molar-refractivity contribution is 0.102. The van der Waals surface area contributed by atoms with E-state index in [2.05, 4.69) is 10.3 Å². The fourth-order valence-corrected chi connectivity index (χ4v) is 1.64. The summed E-state index contributed by atoms with van der Waals surface area (Å²) in [5.41, 5.74) is 2.15. The Labute approximate surface area is 104 Å². The van der Waals surface area contributed by atoms with Crippen LogP contribution in [0.1, 0.15) is 15.9 Å². The van der Waals surface area contributed by atoms with Crippen LogP contribution in [0.4, 0.5) is 5.69 Å². The molecule has 2 rings (SSSR count). The van der Waals surface area contributed by atoms with Crippen molar-refractivity contribution in [3.05, 3.63) is 58.9 Å². The number of hydrogen-bond donors (Lipinski definition) is 1. The van der Waals surface area contributed by atoms with Gasteiger partial charge in [0.05, 0.1) is 10.6 Å². The van der Waals surface area contributed by atoms with Crippen molar-refractivity contribution in [1.82, 2.24) is 4.98 Å². The van der Waals surface area contributed by atoms with Gasteiger partial charge in [0, 0.05) is 18.1 Å². The zero-order chi connectivity index (χ0) is 12.3. The lowest BCUT2D eigenvalue weighted by Gasteiger charge is -2.08. The minimum atomic E-state index is -0.252. The highest BCUT2D eigenvalue weighted by atomic mass is 35.5. The van der Waals surface area contributed by atoms with Crippen LogP contribution in [0.25, 0.3) is 0 Å². The molecule has 2 aromatic rings. The molecule has 0 atom stereocenters. The Morgan fingerprint density at radius 2 is 2.06 bits per heavy atom. The molecule has 0 radical (unpaired) electrons. The van der Waals surface area contributed by atoms with Crippen molar-refractivity contribution >= 4 is 23.2 Å². The van der Waals surface area contributed by atoms with Gasteiger partial charge in [0.25, 0.3) is 5.91 Å². The van der Waals surface area contributed by atoms with Crippen LogP contribution in [-0.4, -0.2) is 10.9 Å². The summed E-state index contributed by atoms with van der Waals surface area (Å²) in [5, 5.41) is 3.20. The zero-order valence-electron chi connectivity index (χ0n) is 9.27. The first-order valence-corrected chi connectivity index (χ1v) is 5.53. The number of pyridine rings is 1. The van der Waals surface area contributed by atoms with Gasteiger partial charge in [-0.05, 0) is 24.6 Å². The molecule has 0 fully saturated rings. The smallest absolute Gasteiger partial charge is 0.258 e. The maximum absolute atomic E-state index is 12.0. The van der Waals surface area contributed by atoms with Gasteiger partial charge in [0.1, 0.15) is 0 Å². The number of nitrogens with one attached hydrogen (secondary N) is 1. The molecule has 1 aromatic carbocycles. The van der Waals surface area contributed by atoms with Gasteiger partial charge < -0.3 is 5.32 Å². The van der Waals surface area contributed by atoms with Crippen molar-refractivity contribution in [2.24, 2.45) is 0 Å². The molecule has 0 spiro atoms. The molecule has 1 heterocycles. The van der Waals surface area contributed by atoms with Crippen molar-refractivity contribution in [2.75, 3.05) is 5.32 Å². The van der Waals surface area contributed by atoms with Gasteiger partial charge in [0.15, 0.2) is 0 Å². The van der Waals surface area contributed by atoms with Gasteiger partial charge in [-0.3, -0.25) is 9.78 Å². The number of para-hydroxylation sites is 1. The number of aryl methyl sites for hydroxylation is 1. The van der Waals surface area contributed by atoms with Crippen molar-refractivity contribution < 1.29 is 4.79 Å². The van der Waals surface area contributed by atoms with E-state index in [0.717, 1.165) is 11.3 Å². The first-order valence-electron chi connectivity index (χ1n) is 5.15. The Balaban J connectivity index is 2.24. The Hall–Kier alpha value is -1.87. The zero-order valence-corrected chi connectivity index (χ0v) is 10.0. The number of hydrogen-bond acceptors (Lipinski definition) is 2. The van der Waals surface area contributed by atoms with Gasteiger partial charge in [-0.2, -0.15) is 0 Å². The van der Waals surface area contributed by atoms with Crippen molar-refractivity contribution in [3.8, 4) is 0 Å².